The molecule has 0 amide bonds. The van der Waals surface area contributed by atoms with Gasteiger partial charge >= 0.3 is 0 Å². The highest BCUT2D eigenvalue weighted by Gasteiger charge is 2.42. The quantitative estimate of drug-likeness (QED) is 0.0891. The van der Waals surface area contributed by atoms with Gasteiger partial charge in [0.25, 0.3) is 0 Å². The largest absolute Gasteiger partial charge is 0.172 e. The van der Waals surface area contributed by atoms with Gasteiger partial charge in [0.2, 0.25) is 0 Å². The zero-order valence-corrected chi connectivity index (χ0v) is 31.1. The van der Waals surface area contributed by atoms with Crippen LogP contribution in [0.15, 0.2) is 84.2 Å². The van der Waals surface area contributed by atoms with Gasteiger partial charge in [-0.15, -0.1) is 22.7 Å². The van der Waals surface area contributed by atoms with Crippen LogP contribution in [-0.2, 0) is 5.41 Å². The second kappa shape index (κ2) is 15.6. The van der Waals surface area contributed by atoms with Crippen LogP contribution in [0.2, 0.25) is 0 Å². The number of hydrogen-bond donors (Lipinski definition) is 0. The topological polar surface area (TPSA) is 25.8 Å². The van der Waals surface area contributed by atoms with Crippen molar-refractivity contribution in [3.63, 3.8) is 0 Å². The normalized spacial score (nSPS) is 13.3. The summed E-state index contributed by atoms with van der Waals surface area (Å²) in [5, 5.41) is 2.13. The minimum atomic E-state index is 0.105. The molecule has 3 aromatic heterocycles. The first-order chi connectivity index (χ1) is 23.7. The van der Waals surface area contributed by atoms with Gasteiger partial charge < -0.3 is 0 Å². The zero-order chi connectivity index (χ0) is 32.8. The maximum Gasteiger partial charge on any atom is 0.114 e. The maximum atomic E-state index is 4.78. The third kappa shape index (κ3) is 6.71. The molecule has 1 aliphatic rings. The summed E-state index contributed by atoms with van der Waals surface area (Å²) < 4.78 is 9.52. The van der Waals surface area contributed by atoms with Crippen molar-refractivity contribution in [1.82, 2.24) is 8.75 Å². The molecule has 0 saturated heterocycles. The molecule has 5 heteroatoms. The summed E-state index contributed by atoms with van der Waals surface area (Å²) in [5.41, 5.74) is 11.9. The van der Waals surface area contributed by atoms with Crippen molar-refractivity contribution in [2.45, 2.75) is 109 Å². The Kier molecular flexibility index (Phi) is 10.9. The van der Waals surface area contributed by atoms with E-state index in [4.69, 9.17) is 8.75 Å². The molecule has 0 radical (unpaired) electrons. The molecule has 248 valence electrons. The van der Waals surface area contributed by atoms with E-state index in [1.54, 1.807) is 22.5 Å². The Balaban J connectivity index is 1.21. The molecule has 0 atom stereocenters. The monoisotopic (exact) mass is 688 g/mol. The number of benzene rings is 3. The van der Waals surface area contributed by atoms with Crippen molar-refractivity contribution in [3.8, 4) is 42.4 Å². The van der Waals surface area contributed by atoms with Crippen LogP contribution in [0.3, 0.4) is 0 Å². The van der Waals surface area contributed by atoms with Crippen LogP contribution >= 0.6 is 34.4 Å². The van der Waals surface area contributed by atoms with Crippen LogP contribution in [0.25, 0.3) is 53.5 Å². The summed E-state index contributed by atoms with van der Waals surface area (Å²) in [5.74, 6) is 0. The summed E-state index contributed by atoms with van der Waals surface area (Å²) >= 11 is 4.96. The molecule has 1 aliphatic carbocycles. The fourth-order valence-electron chi connectivity index (χ4n) is 8.02. The first kappa shape index (κ1) is 33.4. The lowest BCUT2D eigenvalue weighted by Gasteiger charge is -2.33. The van der Waals surface area contributed by atoms with Gasteiger partial charge in [-0.1, -0.05) is 145 Å². The van der Waals surface area contributed by atoms with Crippen LogP contribution in [0, 0.1) is 0 Å². The van der Waals surface area contributed by atoms with E-state index in [9.17, 15) is 0 Å². The van der Waals surface area contributed by atoms with Crippen molar-refractivity contribution in [2.24, 2.45) is 0 Å². The van der Waals surface area contributed by atoms with Crippen LogP contribution in [0.5, 0.6) is 0 Å². The Morgan fingerprint density at radius 1 is 0.521 bits per heavy atom. The molecule has 0 spiro atoms. The van der Waals surface area contributed by atoms with Crippen LogP contribution < -0.4 is 0 Å². The number of aromatic nitrogens is 2. The Morgan fingerprint density at radius 3 is 1.81 bits per heavy atom. The Hall–Kier alpha value is -3.12. The first-order valence-corrected chi connectivity index (χ1v) is 20.8. The van der Waals surface area contributed by atoms with Gasteiger partial charge in [-0.2, -0.15) is 8.75 Å². The molecule has 6 aromatic rings. The zero-order valence-electron chi connectivity index (χ0n) is 28.6. The van der Waals surface area contributed by atoms with E-state index in [1.165, 1.54) is 144 Å². The van der Waals surface area contributed by atoms with E-state index in [0.717, 1.165) is 11.0 Å². The Morgan fingerprint density at radius 2 is 1.12 bits per heavy atom. The smallest absolute Gasteiger partial charge is 0.114 e. The number of hydrogen-bond acceptors (Lipinski definition) is 5. The van der Waals surface area contributed by atoms with Gasteiger partial charge in [-0.25, -0.2) is 0 Å². The van der Waals surface area contributed by atoms with Crippen molar-refractivity contribution in [1.29, 1.82) is 0 Å². The maximum absolute atomic E-state index is 4.78. The molecular weight excluding hydrogens is 641 g/mol. The molecule has 0 fully saturated rings. The molecule has 7 rings (SSSR count). The highest BCUT2D eigenvalue weighted by molar-refractivity contribution is 7.19. The Labute approximate surface area is 299 Å². The molecular formula is C43H48N2S3. The summed E-state index contributed by atoms with van der Waals surface area (Å²) in [6.07, 6.45) is 18.6. The molecule has 2 nitrogen and oxygen atoms in total. The van der Waals surface area contributed by atoms with E-state index in [2.05, 4.69) is 98.1 Å². The summed E-state index contributed by atoms with van der Waals surface area (Å²) in [4.78, 5) is 3.83. The van der Waals surface area contributed by atoms with Crippen LogP contribution in [0.4, 0.5) is 0 Å². The second-order valence-electron chi connectivity index (χ2n) is 13.7. The summed E-state index contributed by atoms with van der Waals surface area (Å²) in [6, 6.07) is 30.1. The second-order valence-corrected chi connectivity index (χ2v) is 16.2. The van der Waals surface area contributed by atoms with Gasteiger partial charge in [0.15, 0.2) is 0 Å². The van der Waals surface area contributed by atoms with Crippen LogP contribution in [0.1, 0.15) is 115 Å². The first-order valence-electron chi connectivity index (χ1n) is 18.4. The highest BCUT2D eigenvalue weighted by Crippen LogP contribution is 2.55. The molecule has 0 bridgehead atoms. The lowest BCUT2D eigenvalue weighted by atomic mass is 9.70. The number of thiophene rings is 2. The Bertz CT molecular complexity index is 1910. The third-order valence-electron chi connectivity index (χ3n) is 10.5. The van der Waals surface area contributed by atoms with Gasteiger partial charge in [-0.3, -0.25) is 0 Å². The predicted octanol–water partition coefficient (Wildman–Crippen LogP) is 14.6. The number of fused-ring (bicyclic) bond motifs is 4. The van der Waals surface area contributed by atoms with E-state index in [0.29, 0.717) is 0 Å². The molecule has 0 saturated carbocycles. The third-order valence-corrected chi connectivity index (χ3v) is 13.1. The fraction of sp³-hybridized carbons (Fsp3) is 0.395. The van der Waals surface area contributed by atoms with Crippen LogP contribution in [-0.4, -0.2) is 8.75 Å². The minimum Gasteiger partial charge on any atom is -0.172 e. The van der Waals surface area contributed by atoms with Crippen molar-refractivity contribution < 1.29 is 0 Å². The minimum absolute atomic E-state index is 0.105. The van der Waals surface area contributed by atoms with Gasteiger partial charge in [0, 0.05) is 31.2 Å². The van der Waals surface area contributed by atoms with Crippen molar-refractivity contribution in [3.05, 3.63) is 95.4 Å². The van der Waals surface area contributed by atoms with Crippen molar-refractivity contribution in [2.75, 3.05) is 0 Å². The summed E-state index contributed by atoms with van der Waals surface area (Å²) in [7, 11) is 0. The molecule has 3 heterocycles. The van der Waals surface area contributed by atoms with E-state index < -0.39 is 0 Å². The summed E-state index contributed by atoms with van der Waals surface area (Å²) in [6.45, 7) is 4.63. The highest BCUT2D eigenvalue weighted by atomic mass is 32.1. The average Bonchev–Trinajstić information content (AvgIpc) is 3.95. The number of nitrogens with zero attached hydrogens (tertiary/aromatic N) is 2. The van der Waals surface area contributed by atoms with Crippen molar-refractivity contribution >= 4 is 45.4 Å². The molecule has 0 N–H and O–H groups in total. The molecule has 3 aromatic carbocycles. The lowest BCUT2D eigenvalue weighted by Crippen LogP contribution is -2.25. The molecule has 0 unspecified atom stereocenters. The van der Waals surface area contributed by atoms with E-state index in [1.807, 2.05) is 11.3 Å². The van der Waals surface area contributed by atoms with E-state index in [-0.39, 0.29) is 5.41 Å². The fourth-order valence-corrected chi connectivity index (χ4v) is 10.4. The van der Waals surface area contributed by atoms with Gasteiger partial charge in [0.1, 0.15) is 11.0 Å². The van der Waals surface area contributed by atoms with E-state index >= 15 is 0 Å². The number of unbranched alkanes of at least 4 members (excludes halogenated alkanes) is 10. The lowest BCUT2D eigenvalue weighted by molar-refractivity contribution is 0.398. The standard InChI is InChI=1S/C43H48N2S3/c1-3-5-7-9-11-15-27-43(28-16-12-10-8-6-4-2)36-19-14-13-18-32(36)33-22-21-31(30-37(33)43)38-25-26-40(47-38)35-24-23-34(39-20-17-29-46-39)41-42(35)45-48-44-41/h13-14,17-26,29-30H,3-12,15-16,27-28H2,1-2H3. The SMILES string of the molecule is CCCCCCCCC1(CCCCCCCC)c2ccccc2-c2ccc(-c3ccc(-c4ccc(-c5cccs5)c5nsnc45)s3)cc21. The number of rotatable bonds is 17. The molecule has 0 aliphatic heterocycles. The molecule has 48 heavy (non-hydrogen) atoms. The average molecular weight is 689 g/mol. The predicted molar refractivity (Wildman–Crippen MR) is 212 cm³/mol. The van der Waals surface area contributed by atoms with Gasteiger partial charge in [0.05, 0.1) is 11.7 Å². The van der Waals surface area contributed by atoms with Gasteiger partial charge in [-0.05, 0) is 70.3 Å².